The van der Waals surface area contributed by atoms with Crippen molar-refractivity contribution in [2.75, 3.05) is 25.7 Å². The molecular weight excluding hydrogens is 1760 g/mol. The van der Waals surface area contributed by atoms with Crippen molar-refractivity contribution in [1.82, 2.24) is 64.4 Å². The minimum Gasteiger partial charge on any atom is -0.497 e. The van der Waals surface area contributed by atoms with Crippen molar-refractivity contribution >= 4 is 106 Å². The lowest BCUT2D eigenvalue weighted by molar-refractivity contribution is 0.0600. The number of aromatic amines is 5. The first kappa shape index (κ1) is 104. The molecule has 10 aromatic heterocycles. The predicted octanol–water partition coefficient (Wildman–Crippen LogP) is 31.6. The van der Waals surface area contributed by atoms with E-state index in [1.54, 1.807) is 30.2 Å². The number of ether oxygens (including phenoxy) is 2. The number of hydrogen-bond donors (Lipinski definition) is 5. The van der Waals surface area contributed by atoms with Crippen LogP contribution in [-0.4, -0.2) is 91.2 Å². The SMILES string of the molecule is CC(C)(C)c1ccc(Cl)c2[nH]ccc12.CC(C)(C)c1cccc2[nH]c(-c3cccnc3)nc12.COC(=O)c1cc(C(C)(C)C)c2cc[nH]c2c1.COc1cc(C(C)(C)C)c2cc[nH]c2c1.Cc1ccc(C(C)(C)C)c2cc[nH]c12.Cc1ncc(-c2cc3cccc(C(C)(C)C)c3cn2)s1.Cn1cc(-c2ccc3c(c2)CCC=C3C(C)(C)C)cn1.Cn1cc(N2CCCc3c(cccc3C(C)(C)C)C2)cn1. The number of esters is 1. The third-order valence-corrected chi connectivity index (χ3v) is 27.1. The monoisotopic (exact) mass is 1910 g/mol. The minimum absolute atomic E-state index is 0.00945. The summed E-state index contributed by atoms with van der Waals surface area (Å²) < 4.78 is 13.8. The van der Waals surface area contributed by atoms with Gasteiger partial charge in [0, 0.05) is 150 Å². The Balaban J connectivity index is 0.000000135. The summed E-state index contributed by atoms with van der Waals surface area (Å²) in [7, 11) is 7.05. The lowest BCUT2D eigenvalue weighted by Crippen LogP contribution is -2.22. The number of thiazole rings is 1. The van der Waals surface area contributed by atoms with Crippen LogP contribution in [0.5, 0.6) is 5.75 Å². The number of H-pyrrole nitrogens is 5. The van der Waals surface area contributed by atoms with Gasteiger partial charge in [-0.3, -0.25) is 19.3 Å². The zero-order valence-corrected chi connectivity index (χ0v) is 89.9. The highest BCUT2D eigenvalue weighted by Crippen LogP contribution is 2.44. The summed E-state index contributed by atoms with van der Waals surface area (Å²) in [6.07, 6.45) is 30.5. The number of benzene rings is 8. The first-order valence-electron chi connectivity index (χ1n) is 48.9. The van der Waals surface area contributed by atoms with Gasteiger partial charge in [0.05, 0.1) is 75.0 Å². The van der Waals surface area contributed by atoms with E-state index in [2.05, 4.69) is 368 Å². The largest absolute Gasteiger partial charge is 0.497 e. The third-order valence-electron chi connectivity index (χ3n) is 25.9. The van der Waals surface area contributed by atoms with E-state index in [4.69, 9.17) is 26.1 Å². The third kappa shape index (κ3) is 25.3. The van der Waals surface area contributed by atoms with Crippen LogP contribution in [0.15, 0.2) is 244 Å². The maximum Gasteiger partial charge on any atom is 0.337 e. The summed E-state index contributed by atoms with van der Waals surface area (Å²) in [6, 6.07) is 57.4. The molecule has 0 spiro atoms. The summed E-state index contributed by atoms with van der Waals surface area (Å²) in [5.74, 6) is 1.49. The van der Waals surface area contributed by atoms with Crippen LogP contribution in [0.25, 0.3) is 104 Å². The first-order valence-corrected chi connectivity index (χ1v) is 50.1. The van der Waals surface area contributed by atoms with Crippen molar-refractivity contribution < 1.29 is 14.3 Å². The Bertz CT molecular complexity index is 7250. The Kier molecular flexibility index (Phi) is 31.8. The van der Waals surface area contributed by atoms with E-state index in [9.17, 15) is 4.79 Å². The molecule has 0 amide bonds. The van der Waals surface area contributed by atoms with Crippen LogP contribution in [-0.2, 0) is 76.1 Å². The summed E-state index contributed by atoms with van der Waals surface area (Å²) in [5.41, 5.74) is 32.1. The highest BCUT2D eigenvalue weighted by molar-refractivity contribution is 7.15. The van der Waals surface area contributed by atoms with Crippen molar-refractivity contribution in [3.05, 3.63) is 327 Å². The number of hydrogen-bond acceptors (Lipinski definition) is 11. The van der Waals surface area contributed by atoms with Gasteiger partial charge in [0.25, 0.3) is 0 Å². The molecule has 0 saturated carbocycles. The fraction of sp³-hybridized carbons (Fsp3) is 0.364. The quantitative estimate of drug-likeness (QED) is 0.0996. The molecule has 0 unspecified atom stereocenters. The number of allylic oxidation sites excluding steroid dienone is 2. The Morgan fingerprint density at radius 2 is 1.04 bits per heavy atom. The Labute approximate surface area is 839 Å². The van der Waals surface area contributed by atoms with Crippen molar-refractivity contribution in [3.8, 4) is 38.8 Å². The number of aryl methyl sites for hydroxylation is 5. The summed E-state index contributed by atoms with van der Waals surface area (Å²) >= 11 is 7.77. The number of nitrogens with zero attached hydrogens (tertiary/aromatic N) is 9. The molecule has 18 aromatic rings. The lowest BCUT2D eigenvalue weighted by atomic mass is 9.76. The zero-order valence-electron chi connectivity index (χ0n) is 88.4. The number of nitrogens with one attached hydrogen (secondary N) is 5. The van der Waals surface area contributed by atoms with Gasteiger partial charge in [0.2, 0.25) is 0 Å². The molecule has 0 radical (unpaired) electrons. The molecule has 0 saturated heterocycles. The topological polar surface area (TPSA) is 205 Å². The number of carbonyl (C=O) groups is 1. The first-order chi connectivity index (χ1) is 65.8. The van der Waals surface area contributed by atoms with Crippen molar-refractivity contribution in [2.24, 2.45) is 19.5 Å². The highest BCUT2D eigenvalue weighted by Gasteiger charge is 2.29. The van der Waals surface area contributed by atoms with Crippen molar-refractivity contribution in [3.63, 3.8) is 0 Å². The predicted molar refractivity (Wildman–Crippen MR) is 592 cm³/mol. The van der Waals surface area contributed by atoms with Gasteiger partial charge in [0.15, 0.2) is 0 Å². The maximum atomic E-state index is 11.6. The van der Waals surface area contributed by atoms with Gasteiger partial charge < -0.3 is 39.3 Å². The summed E-state index contributed by atoms with van der Waals surface area (Å²) in [6.45, 7) is 59.9. The van der Waals surface area contributed by atoms with E-state index < -0.39 is 0 Å². The van der Waals surface area contributed by atoms with E-state index in [0.717, 1.165) is 102 Å². The van der Waals surface area contributed by atoms with Gasteiger partial charge in [0.1, 0.15) is 11.6 Å². The molecule has 8 aromatic carbocycles. The molecule has 0 fully saturated rings. The van der Waals surface area contributed by atoms with E-state index in [0.29, 0.717) is 5.56 Å². The number of para-hydroxylation sites is 1. The molecule has 5 N–H and O–H groups in total. The van der Waals surface area contributed by atoms with Crippen LogP contribution in [0.3, 0.4) is 0 Å². The number of imidazole rings is 1. The van der Waals surface area contributed by atoms with E-state index in [-0.39, 0.29) is 49.3 Å². The van der Waals surface area contributed by atoms with Gasteiger partial charge in [-0.05, 0) is 239 Å². The van der Waals surface area contributed by atoms with Crippen LogP contribution in [0, 0.1) is 19.3 Å². The molecule has 11 heterocycles. The molecular formula is C121H147ClN14O3S. The number of anilines is 1. The fourth-order valence-corrected chi connectivity index (χ4v) is 19.6. The van der Waals surface area contributed by atoms with Crippen LogP contribution in [0.4, 0.5) is 5.69 Å². The van der Waals surface area contributed by atoms with Crippen LogP contribution < -0.4 is 9.64 Å². The van der Waals surface area contributed by atoms with Gasteiger partial charge in [-0.2, -0.15) is 10.2 Å². The van der Waals surface area contributed by atoms with Crippen molar-refractivity contribution in [2.45, 2.75) is 250 Å². The molecule has 1 aliphatic heterocycles. The van der Waals surface area contributed by atoms with E-state index >= 15 is 0 Å². The van der Waals surface area contributed by atoms with Gasteiger partial charge >= 0.3 is 5.97 Å². The molecule has 19 heteroatoms. The number of aromatic nitrogens is 13. The molecule has 140 heavy (non-hydrogen) atoms. The second-order valence-electron chi connectivity index (χ2n) is 45.3. The average Bonchev–Trinajstić information content (AvgIpc) is 1.77. The van der Waals surface area contributed by atoms with E-state index in [1.807, 2.05) is 129 Å². The standard InChI is InChI=1S/C18H25N3.C18H22N2.C17H18N2S.C16H17N3.C14H17NO2.C13H17NO.C13H17N.C12H14ClN/c1-18(2,3)17-9-5-7-14-12-21(10-6-8-16(14)17)15-11-19-20(4)13-15;1-18(2,3)17-7-5-6-14-10-13(8-9-16(14)17)15-11-19-20(4)12-15;1-11-18-10-16(20-11)15-8-12-6-5-7-14(17(2,3)4)13(12)9-19-15;1-16(2,3)12-7-4-8-13-14(12)19-15(18-13)11-6-5-9-17-10-11;1-14(2,3)11-7-9(13(16)17-4)8-12-10(11)5-6-15-12;1-13(2,3)11-7-9(15-4)8-12-10(11)5-6-14-12;1-9-5-6-11(13(2,3)4)10-7-8-14-12(9)10;1-12(2,3)9-4-5-10(13)11-8(9)6-7-14-11/h5,7,9,11,13H,6,8,10,12H2,1-4H3;7-12H,5-6H2,1-4H3;5-10H,1-4H3;4-10H,1-3H3,(H,18,19);5-8,15H,1-4H3;5-8,14H,1-4H3;5-8,14H,1-4H3;4-7,14H,1-3H3. The number of fused-ring (bicyclic) bond motifs is 8. The van der Waals surface area contributed by atoms with Gasteiger partial charge in [-0.25, -0.2) is 14.8 Å². The van der Waals surface area contributed by atoms with E-state index in [1.165, 1.54) is 130 Å². The number of rotatable bonds is 6. The zero-order chi connectivity index (χ0) is 102. The maximum absolute atomic E-state index is 11.6. The molecule has 0 atom stereocenters. The van der Waals surface area contributed by atoms with Crippen molar-refractivity contribution in [1.29, 1.82) is 0 Å². The number of halogens is 1. The summed E-state index contributed by atoms with van der Waals surface area (Å²) in [4.78, 5) is 49.3. The van der Waals surface area contributed by atoms with Crippen LogP contribution >= 0.6 is 22.9 Å². The smallest absolute Gasteiger partial charge is 0.337 e. The van der Waals surface area contributed by atoms with Crippen LogP contribution in [0.1, 0.15) is 261 Å². The Hall–Kier alpha value is -12.9. The fourth-order valence-electron chi connectivity index (χ4n) is 18.7. The second-order valence-corrected chi connectivity index (χ2v) is 46.9. The molecule has 732 valence electrons. The van der Waals surface area contributed by atoms with Crippen LogP contribution in [0.2, 0.25) is 5.02 Å². The molecule has 17 nitrogen and oxygen atoms in total. The molecule has 1 aliphatic carbocycles. The Morgan fingerprint density at radius 3 is 1.64 bits per heavy atom. The second kappa shape index (κ2) is 42.7. The minimum atomic E-state index is -0.299. The normalized spacial score (nSPS) is 13.0. The van der Waals surface area contributed by atoms with Gasteiger partial charge in [-0.15, -0.1) is 11.3 Å². The summed E-state index contributed by atoms with van der Waals surface area (Å²) in [5, 5.41) is 17.9. The Morgan fingerprint density at radius 1 is 0.464 bits per heavy atom. The van der Waals surface area contributed by atoms with Gasteiger partial charge in [-0.1, -0.05) is 269 Å². The molecule has 20 rings (SSSR count). The molecule has 2 aliphatic rings. The lowest BCUT2D eigenvalue weighted by Gasteiger charge is -2.28. The number of methoxy groups -OCH3 is 2. The highest BCUT2D eigenvalue weighted by atomic mass is 35.5. The molecule has 0 bridgehead atoms. The number of pyridine rings is 2. The number of carbonyl (C=O) groups excluding carboxylic acids is 1. The average molecular weight is 1910 g/mol.